The van der Waals surface area contributed by atoms with E-state index in [2.05, 4.69) is 10.3 Å². The van der Waals surface area contributed by atoms with Gasteiger partial charge in [0.1, 0.15) is 6.54 Å². The maximum Gasteiger partial charge on any atom is 0.347 e. The molecule has 0 spiro atoms. The van der Waals surface area contributed by atoms with Crippen LogP contribution in [0.25, 0.3) is 0 Å². The largest absolute Gasteiger partial charge is 0.347 e. The van der Waals surface area contributed by atoms with Crippen LogP contribution in [0.15, 0.2) is 24.4 Å². The van der Waals surface area contributed by atoms with Gasteiger partial charge in [-0.05, 0) is 12.1 Å². The van der Waals surface area contributed by atoms with Crippen LogP contribution >= 0.6 is 0 Å². The fraction of sp³-hybridized carbons (Fsp3) is 0.300. The van der Waals surface area contributed by atoms with Crippen molar-refractivity contribution in [1.82, 2.24) is 15.2 Å². The molecule has 1 aromatic rings. The first-order chi connectivity index (χ1) is 7.25. The van der Waals surface area contributed by atoms with Gasteiger partial charge in [0.05, 0.1) is 0 Å². The zero-order chi connectivity index (χ0) is 10.7. The molecular formula is C10H10N3O2. The van der Waals surface area contributed by atoms with E-state index in [4.69, 9.17) is 0 Å². The quantitative estimate of drug-likeness (QED) is 0.660. The molecule has 0 atom stereocenters. The Labute approximate surface area is 87.1 Å². The highest BCUT2D eigenvalue weighted by Crippen LogP contribution is 2.02. The molecule has 1 radical (unpaired) electrons. The van der Waals surface area contributed by atoms with Crippen LogP contribution < -0.4 is 5.32 Å². The zero-order valence-corrected chi connectivity index (χ0v) is 8.09. The summed E-state index contributed by atoms with van der Waals surface area (Å²) < 4.78 is 0. The average Bonchev–Trinajstić information content (AvgIpc) is 2.56. The lowest BCUT2D eigenvalue weighted by atomic mass is 10.2. The zero-order valence-electron chi connectivity index (χ0n) is 8.09. The molecule has 5 nitrogen and oxygen atoms in total. The number of hydrogen-bond acceptors (Lipinski definition) is 3. The van der Waals surface area contributed by atoms with Crippen molar-refractivity contribution in [1.29, 1.82) is 0 Å². The molecule has 15 heavy (non-hydrogen) atoms. The summed E-state index contributed by atoms with van der Waals surface area (Å²) in [6, 6.07) is 5.18. The van der Waals surface area contributed by atoms with Gasteiger partial charge in [-0.1, -0.05) is 6.07 Å². The molecule has 0 bridgehead atoms. The second-order valence-electron chi connectivity index (χ2n) is 3.28. The third-order valence-electron chi connectivity index (χ3n) is 2.18. The van der Waals surface area contributed by atoms with Gasteiger partial charge in [0.15, 0.2) is 0 Å². The lowest BCUT2D eigenvalue weighted by Crippen LogP contribution is -2.28. The van der Waals surface area contributed by atoms with Gasteiger partial charge in [-0.15, -0.1) is 0 Å². The van der Waals surface area contributed by atoms with Crippen molar-refractivity contribution >= 4 is 11.9 Å². The molecule has 1 saturated heterocycles. The van der Waals surface area contributed by atoms with E-state index in [1.807, 2.05) is 18.2 Å². The Morgan fingerprint density at radius 1 is 1.33 bits per heavy atom. The van der Waals surface area contributed by atoms with Gasteiger partial charge in [0.25, 0.3) is 5.91 Å². The summed E-state index contributed by atoms with van der Waals surface area (Å²) >= 11 is 0. The number of pyridine rings is 1. The van der Waals surface area contributed by atoms with Crippen LogP contribution in [0.3, 0.4) is 0 Å². The van der Waals surface area contributed by atoms with Crippen molar-refractivity contribution in [3.05, 3.63) is 30.1 Å². The molecular weight excluding hydrogens is 194 g/mol. The molecule has 1 fully saturated rings. The van der Waals surface area contributed by atoms with Gasteiger partial charge in [-0.2, -0.15) is 5.32 Å². The minimum atomic E-state index is -0.434. The molecule has 0 aromatic carbocycles. The molecule has 77 valence electrons. The van der Waals surface area contributed by atoms with Gasteiger partial charge in [-0.3, -0.25) is 9.78 Å². The van der Waals surface area contributed by atoms with Gasteiger partial charge in [0.2, 0.25) is 0 Å². The summed E-state index contributed by atoms with van der Waals surface area (Å²) in [6.07, 6.45) is 2.35. The normalized spacial score (nSPS) is 15.6. The van der Waals surface area contributed by atoms with Crippen molar-refractivity contribution in [3.8, 4) is 0 Å². The summed E-state index contributed by atoms with van der Waals surface area (Å²) in [4.78, 5) is 27.5. The number of imide groups is 1. The van der Waals surface area contributed by atoms with E-state index in [0.29, 0.717) is 13.0 Å². The number of urea groups is 1. The van der Waals surface area contributed by atoms with Crippen LogP contribution in [-0.2, 0) is 11.2 Å². The standard InChI is InChI=1S/C10H10N3O2/c14-9-7-13(10(15)12-9)6-4-8-3-1-2-5-11-8/h1-3,5H,4,6-7H2. The number of carbonyl (C=O) groups is 2. The predicted octanol–water partition coefficient (Wildman–Crippen LogP) is 0.191. The summed E-state index contributed by atoms with van der Waals surface area (Å²) in [5, 5.41) is 3.31. The fourth-order valence-electron chi connectivity index (χ4n) is 1.41. The summed E-state index contributed by atoms with van der Waals surface area (Å²) in [6.45, 7) is 0.594. The third kappa shape index (κ3) is 2.31. The highest BCUT2D eigenvalue weighted by molar-refractivity contribution is 6.01. The van der Waals surface area contributed by atoms with Crippen LogP contribution in [0.2, 0.25) is 0 Å². The van der Waals surface area contributed by atoms with Gasteiger partial charge < -0.3 is 4.90 Å². The smallest absolute Gasteiger partial charge is 0.313 e. The van der Waals surface area contributed by atoms with Crippen LogP contribution in [0.5, 0.6) is 0 Å². The van der Waals surface area contributed by atoms with Gasteiger partial charge in [-0.25, -0.2) is 4.79 Å². The lowest BCUT2D eigenvalue weighted by Gasteiger charge is -2.11. The first-order valence-electron chi connectivity index (χ1n) is 4.69. The maximum absolute atomic E-state index is 11.1. The lowest BCUT2D eigenvalue weighted by molar-refractivity contribution is -0.118. The average molecular weight is 204 g/mol. The number of carbonyl (C=O) groups excluding carboxylic acids is 2. The van der Waals surface area contributed by atoms with Crippen molar-refractivity contribution in [2.24, 2.45) is 0 Å². The van der Waals surface area contributed by atoms with E-state index in [1.165, 1.54) is 4.90 Å². The van der Waals surface area contributed by atoms with Crippen molar-refractivity contribution in [2.75, 3.05) is 13.1 Å². The Balaban J connectivity index is 1.89. The number of rotatable bonds is 3. The molecule has 0 N–H and O–H groups in total. The first-order valence-corrected chi connectivity index (χ1v) is 4.69. The Morgan fingerprint density at radius 2 is 2.20 bits per heavy atom. The molecule has 0 saturated carbocycles. The van der Waals surface area contributed by atoms with E-state index in [1.54, 1.807) is 6.20 Å². The summed E-state index contributed by atoms with van der Waals surface area (Å²) in [5.41, 5.74) is 0.907. The fourth-order valence-corrected chi connectivity index (χ4v) is 1.41. The minimum absolute atomic E-state index is 0.103. The molecule has 5 heteroatoms. The molecule has 1 aliphatic heterocycles. The Hall–Kier alpha value is -1.91. The minimum Gasteiger partial charge on any atom is -0.313 e. The molecule has 1 aliphatic rings. The van der Waals surface area contributed by atoms with Crippen LogP contribution in [0, 0.1) is 0 Å². The van der Waals surface area contributed by atoms with Crippen molar-refractivity contribution in [2.45, 2.75) is 6.42 Å². The Kier molecular flexibility index (Phi) is 2.62. The number of aromatic nitrogens is 1. The number of nitrogens with zero attached hydrogens (tertiary/aromatic N) is 3. The monoisotopic (exact) mass is 204 g/mol. The summed E-state index contributed by atoms with van der Waals surface area (Å²) in [7, 11) is 0. The van der Waals surface area contributed by atoms with Gasteiger partial charge >= 0.3 is 6.03 Å². The molecule has 0 aliphatic carbocycles. The summed E-state index contributed by atoms with van der Waals surface area (Å²) in [5.74, 6) is -0.360. The highest BCUT2D eigenvalue weighted by atomic mass is 16.2. The van der Waals surface area contributed by atoms with Crippen molar-refractivity contribution in [3.63, 3.8) is 0 Å². The van der Waals surface area contributed by atoms with E-state index in [9.17, 15) is 9.59 Å². The molecule has 1 aromatic heterocycles. The van der Waals surface area contributed by atoms with E-state index < -0.39 is 6.03 Å². The van der Waals surface area contributed by atoms with E-state index >= 15 is 0 Å². The second kappa shape index (κ2) is 4.08. The predicted molar refractivity (Wildman–Crippen MR) is 52.1 cm³/mol. The SMILES string of the molecule is O=C1CN(CCc2ccccn2)C(=O)[N]1. The van der Waals surface area contributed by atoms with Crippen LogP contribution in [0.4, 0.5) is 4.79 Å². The highest BCUT2D eigenvalue weighted by Gasteiger charge is 2.28. The van der Waals surface area contributed by atoms with Gasteiger partial charge in [0, 0.05) is 24.9 Å². The number of hydrogen-bond donors (Lipinski definition) is 0. The topological polar surface area (TPSA) is 64.4 Å². The molecule has 2 heterocycles. The Morgan fingerprint density at radius 3 is 2.80 bits per heavy atom. The van der Waals surface area contributed by atoms with E-state index in [0.717, 1.165) is 5.69 Å². The maximum atomic E-state index is 11.1. The Bertz CT molecular complexity index is 378. The molecule has 3 amide bonds. The third-order valence-corrected chi connectivity index (χ3v) is 2.18. The van der Waals surface area contributed by atoms with Crippen LogP contribution in [0.1, 0.15) is 5.69 Å². The first kappa shape index (κ1) is 9.64. The second-order valence-corrected chi connectivity index (χ2v) is 3.28. The number of amides is 3. The van der Waals surface area contributed by atoms with E-state index in [-0.39, 0.29) is 12.5 Å². The van der Waals surface area contributed by atoms with Crippen LogP contribution in [-0.4, -0.2) is 34.9 Å². The molecule has 2 rings (SSSR count). The molecule has 0 unspecified atom stereocenters. The van der Waals surface area contributed by atoms with Crippen molar-refractivity contribution < 1.29 is 9.59 Å².